The van der Waals surface area contributed by atoms with Gasteiger partial charge in [0.2, 0.25) is 5.88 Å². The van der Waals surface area contributed by atoms with Crippen molar-refractivity contribution in [2.24, 2.45) is 5.73 Å². The molecule has 0 saturated carbocycles. The van der Waals surface area contributed by atoms with Crippen LogP contribution in [0.3, 0.4) is 0 Å². The molecule has 1 aliphatic rings. The van der Waals surface area contributed by atoms with Crippen molar-refractivity contribution in [3.05, 3.63) is 18.1 Å². The summed E-state index contributed by atoms with van der Waals surface area (Å²) in [5, 5.41) is 7.21. The van der Waals surface area contributed by atoms with Crippen molar-refractivity contribution in [3.63, 3.8) is 0 Å². The molecular weight excluding hydrogens is 230 g/mol. The van der Waals surface area contributed by atoms with E-state index in [0.717, 1.165) is 19.6 Å². The lowest BCUT2D eigenvalue weighted by Gasteiger charge is -2.25. The Morgan fingerprint density at radius 3 is 2.67 bits per heavy atom. The van der Waals surface area contributed by atoms with E-state index >= 15 is 0 Å². The summed E-state index contributed by atoms with van der Waals surface area (Å²) in [7, 11) is 0. The van der Waals surface area contributed by atoms with Crippen molar-refractivity contribution >= 4 is 5.84 Å². The minimum atomic E-state index is -0.0811. The van der Waals surface area contributed by atoms with Gasteiger partial charge in [0.25, 0.3) is 0 Å². The summed E-state index contributed by atoms with van der Waals surface area (Å²) in [5.41, 5.74) is 5.67. The van der Waals surface area contributed by atoms with Crippen molar-refractivity contribution in [2.75, 3.05) is 26.2 Å². The third-order valence-corrected chi connectivity index (χ3v) is 3.01. The summed E-state index contributed by atoms with van der Waals surface area (Å²) in [6.45, 7) is 3.88. The van der Waals surface area contributed by atoms with Gasteiger partial charge in [-0.1, -0.05) is 6.42 Å². The molecule has 0 radical (unpaired) electrons. The van der Waals surface area contributed by atoms with Gasteiger partial charge in [-0.15, -0.1) is 0 Å². The number of amidine groups is 1. The molecule has 0 aliphatic carbocycles. The number of nitrogen functional groups attached to an aromatic ring is 1. The minimum absolute atomic E-state index is 0.0811. The molecule has 1 saturated heterocycles. The third kappa shape index (κ3) is 3.66. The van der Waals surface area contributed by atoms with Crippen molar-refractivity contribution in [3.8, 4) is 5.88 Å². The van der Waals surface area contributed by atoms with Gasteiger partial charge in [0.1, 0.15) is 18.1 Å². The van der Waals surface area contributed by atoms with Crippen molar-refractivity contribution in [1.29, 1.82) is 5.41 Å². The van der Waals surface area contributed by atoms with E-state index in [1.54, 1.807) is 0 Å². The molecule has 98 valence electrons. The molecule has 2 heterocycles. The Morgan fingerprint density at radius 1 is 1.28 bits per heavy atom. The highest BCUT2D eigenvalue weighted by Gasteiger charge is 2.09. The first kappa shape index (κ1) is 12.8. The second kappa shape index (κ2) is 6.30. The summed E-state index contributed by atoms with van der Waals surface area (Å²) in [6.07, 6.45) is 6.88. The van der Waals surface area contributed by atoms with Crippen LogP contribution >= 0.6 is 0 Å². The van der Waals surface area contributed by atoms with E-state index in [9.17, 15) is 0 Å². The average molecular weight is 249 g/mol. The van der Waals surface area contributed by atoms with Crippen LogP contribution in [0.15, 0.2) is 12.4 Å². The lowest BCUT2D eigenvalue weighted by Crippen LogP contribution is -2.33. The van der Waals surface area contributed by atoms with Crippen molar-refractivity contribution < 1.29 is 4.74 Å². The molecule has 0 amide bonds. The number of nitrogens with one attached hydrogen (secondary N) is 1. The quantitative estimate of drug-likeness (QED) is 0.590. The summed E-state index contributed by atoms with van der Waals surface area (Å²) < 4.78 is 5.52. The van der Waals surface area contributed by atoms with Crippen LogP contribution in [0.1, 0.15) is 25.0 Å². The van der Waals surface area contributed by atoms with E-state index in [2.05, 4.69) is 14.9 Å². The second-order valence-corrected chi connectivity index (χ2v) is 4.40. The number of likely N-dealkylation sites (tertiary alicyclic amines) is 1. The molecule has 18 heavy (non-hydrogen) atoms. The standard InChI is InChI=1S/C12H19N5O/c13-12(14)10-8-16-11(9-15-10)18-7-6-17-4-2-1-3-5-17/h8-9H,1-7H2,(H3,13,14). The Bertz CT molecular complexity index is 386. The molecule has 1 aromatic rings. The fraction of sp³-hybridized carbons (Fsp3) is 0.583. The van der Waals surface area contributed by atoms with Crippen LogP contribution in [-0.4, -0.2) is 46.9 Å². The molecule has 2 rings (SSSR count). The van der Waals surface area contributed by atoms with Gasteiger partial charge in [0, 0.05) is 6.54 Å². The van der Waals surface area contributed by atoms with Gasteiger partial charge in [0.15, 0.2) is 0 Å². The Labute approximate surface area is 107 Å². The van der Waals surface area contributed by atoms with Crippen molar-refractivity contribution in [2.45, 2.75) is 19.3 Å². The van der Waals surface area contributed by atoms with Gasteiger partial charge < -0.3 is 10.5 Å². The topological polar surface area (TPSA) is 88.1 Å². The molecule has 6 nitrogen and oxygen atoms in total. The zero-order chi connectivity index (χ0) is 12.8. The highest BCUT2D eigenvalue weighted by Crippen LogP contribution is 2.08. The van der Waals surface area contributed by atoms with Crippen LogP contribution in [0, 0.1) is 5.41 Å². The van der Waals surface area contributed by atoms with Gasteiger partial charge >= 0.3 is 0 Å². The summed E-state index contributed by atoms with van der Waals surface area (Å²) in [6, 6.07) is 0. The van der Waals surface area contributed by atoms with Gasteiger partial charge in [-0.3, -0.25) is 10.3 Å². The fourth-order valence-corrected chi connectivity index (χ4v) is 1.99. The van der Waals surface area contributed by atoms with Gasteiger partial charge in [-0.2, -0.15) is 0 Å². The smallest absolute Gasteiger partial charge is 0.232 e. The molecule has 1 fully saturated rings. The van der Waals surface area contributed by atoms with Crippen molar-refractivity contribution in [1.82, 2.24) is 14.9 Å². The third-order valence-electron chi connectivity index (χ3n) is 3.01. The first-order valence-electron chi connectivity index (χ1n) is 6.27. The van der Waals surface area contributed by atoms with Crippen LogP contribution in [0.4, 0.5) is 0 Å². The maximum Gasteiger partial charge on any atom is 0.232 e. The number of rotatable bonds is 5. The lowest BCUT2D eigenvalue weighted by molar-refractivity contribution is 0.180. The van der Waals surface area contributed by atoms with Crippen LogP contribution < -0.4 is 10.5 Å². The summed E-state index contributed by atoms with van der Waals surface area (Å²) in [5.74, 6) is 0.402. The number of nitrogens with zero attached hydrogens (tertiary/aromatic N) is 3. The van der Waals surface area contributed by atoms with Crippen LogP contribution in [0.25, 0.3) is 0 Å². The van der Waals surface area contributed by atoms with Crippen LogP contribution in [0.2, 0.25) is 0 Å². The largest absolute Gasteiger partial charge is 0.475 e. The highest BCUT2D eigenvalue weighted by atomic mass is 16.5. The molecule has 6 heteroatoms. The molecule has 0 aromatic carbocycles. The molecule has 1 aromatic heterocycles. The van der Waals surface area contributed by atoms with E-state index in [4.69, 9.17) is 15.9 Å². The SMILES string of the molecule is N=C(N)c1cnc(OCCN2CCCCC2)cn1. The van der Waals surface area contributed by atoms with Crippen LogP contribution in [0.5, 0.6) is 5.88 Å². The monoisotopic (exact) mass is 249 g/mol. The highest BCUT2D eigenvalue weighted by molar-refractivity contribution is 5.92. The molecule has 1 aliphatic heterocycles. The maximum atomic E-state index is 7.21. The van der Waals surface area contributed by atoms with E-state index < -0.39 is 0 Å². The number of nitrogens with two attached hydrogens (primary N) is 1. The van der Waals surface area contributed by atoms with Gasteiger partial charge in [-0.05, 0) is 25.9 Å². The molecule has 0 spiro atoms. The minimum Gasteiger partial charge on any atom is -0.475 e. The molecule has 0 bridgehead atoms. The Balaban J connectivity index is 1.74. The Kier molecular flexibility index (Phi) is 4.46. The number of hydrogen-bond donors (Lipinski definition) is 2. The van der Waals surface area contributed by atoms with Gasteiger partial charge in [0.05, 0.1) is 12.4 Å². The molecular formula is C12H19N5O. The first-order chi connectivity index (χ1) is 8.75. The van der Waals surface area contributed by atoms with E-state index in [0.29, 0.717) is 18.2 Å². The van der Waals surface area contributed by atoms with Crippen LogP contribution in [-0.2, 0) is 0 Å². The molecule has 0 atom stereocenters. The normalized spacial score (nSPS) is 16.4. The van der Waals surface area contributed by atoms with E-state index in [1.807, 2.05) is 0 Å². The number of ether oxygens (including phenoxy) is 1. The Morgan fingerprint density at radius 2 is 2.06 bits per heavy atom. The lowest BCUT2D eigenvalue weighted by atomic mass is 10.1. The predicted octanol–water partition coefficient (Wildman–Crippen LogP) is 0.625. The number of hydrogen-bond acceptors (Lipinski definition) is 5. The zero-order valence-corrected chi connectivity index (χ0v) is 10.4. The Hall–Kier alpha value is -1.69. The predicted molar refractivity (Wildman–Crippen MR) is 68.8 cm³/mol. The fourth-order valence-electron chi connectivity index (χ4n) is 1.99. The zero-order valence-electron chi connectivity index (χ0n) is 10.4. The number of aromatic nitrogens is 2. The molecule has 3 N–H and O–H groups in total. The number of piperidine rings is 1. The van der Waals surface area contributed by atoms with E-state index in [-0.39, 0.29) is 5.84 Å². The maximum absolute atomic E-state index is 7.21. The molecule has 0 unspecified atom stereocenters. The summed E-state index contributed by atoms with van der Waals surface area (Å²) >= 11 is 0. The second-order valence-electron chi connectivity index (χ2n) is 4.40. The van der Waals surface area contributed by atoms with Gasteiger partial charge in [-0.25, -0.2) is 9.97 Å². The average Bonchev–Trinajstić information content (AvgIpc) is 2.40. The first-order valence-corrected chi connectivity index (χ1v) is 6.27. The summed E-state index contributed by atoms with van der Waals surface area (Å²) in [4.78, 5) is 10.5. The van der Waals surface area contributed by atoms with E-state index in [1.165, 1.54) is 31.7 Å².